The lowest BCUT2D eigenvalue weighted by Crippen LogP contribution is -2.42. The van der Waals surface area contributed by atoms with Crippen LogP contribution < -0.4 is 5.56 Å². The van der Waals surface area contributed by atoms with Gasteiger partial charge in [-0.25, -0.2) is 4.98 Å². The van der Waals surface area contributed by atoms with E-state index in [1.54, 1.807) is 11.3 Å². The highest BCUT2D eigenvalue weighted by Crippen LogP contribution is 2.51. The minimum absolute atomic E-state index is 0.0194. The number of aryl methyl sites for hydroxylation is 2. The zero-order valence-electron chi connectivity index (χ0n) is 26.2. The van der Waals surface area contributed by atoms with Crippen LogP contribution in [-0.2, 0) is 30.5 Å². The third kappa shape index (κ3) is 5.21. The van der Waals surface area contributed by atoms with Gasteiger partial charge in [0, 0.05) is 27.3 Å². The van der Waals surface area contributed by atoms with Gasteiger partial charge in [-0.2, -0.15) is 10.3 Å². The van der Waals surface area contributed by atoms with Crippen molar-refractivity contribution >= 4 is 11.3 Å². The van der Waals surface area contributed by atoms with E-state index in [4.69, 9.17) is 4.98 Å². The quantitative estimate of drug-likeness (QED) is 0.193. The lowest BCUT2D eigenvalue weighted by atomic mass is 9.96. The Bertz CT molecular complexity index is 1820. The van der Waals surface area contributed by atoms with Gasteiger partial charge in [-0.3, -0.25) is 9.36 Å². The van der Waals surface area contributed by atoms with Crippen molar-refractivity contribution in [2.24, 2.45) is 0 Å². The van der Waals surface area contributed by atoms with Gasteiger partial charge in [-0.15, -0.1) is 21.5 Å². The van der Waals surface area contributed by atoms with Gasteiger partial charge in [0.2, 0.25) is 5.82 Å². The number of unbranched alkanes of at least 4 members (excludes halogenated alkanes) is 1. The third-order valence-electron chi connectivity index (χ3n) is 8.84. The van der Waals surface area contributed by atoms with Crippen LogP contribution in [0.3, 0.4) is 0 Å². The molecular formula is C34H39N7O2S. The smallest absolute Gasteiger partial charge is 0.257 e. The molecule has 0 unspecified atom stereocenters. The maximum Gasteiger partial charge on any atom is 0.257 e. The van der Waals surface area contributed by atoms with Gasteiger partial charge in [-0.1, -0.05) is 61.9 Å². The van der Waals surface area contributed by atoms with Crippen LogP contribution in [0.2, 0.25) is 0 Å². The summed E-state index contributed by atoms with van der Waals surface area (Å²) in [6, 6.07) is 18.5. The van der Waals surface area contributed by atoms with Gasteiger partial charge in [0.1, 0.15) is 5.82 Å². The molecule has 9 nitrogen and oxygen atoms in total. The minimum atomic E-state index is -0.501. The highest BCUT2D eigenvalue weighted by atomic mass is 32.1. The molecule has 0 amide bonds. The number of H-pyrrole nitrogens is 1. The Labute approximate surface area is 261 Å². The largest absolute Gasteiger partial charge is 0.312 e. The molecule has 44 heavy (non-hydrogen) atoms. The molecule has 5 aromatic rings. The molecule has 2 N–H and O–H groups in total. The summed E-state index contributed by atoms with van der Waals surface area (Å²) in [7, 11) is 0. The fraction of sp³-hybridized carbons (Fsp3) is 0.382. The molecule has 0 saturated heterocycles. The number of rotatable bonds is 9. The summed E-state index contributed by atoms with van der Waals surface area (Å²) in [5.41, 5.74) is 5.81. The number of benzene rings is 2. The Morgan fingerprint density at radius 1 is 1.00 bits per heavy atom. The molecule has 4 heterocycles. The minimum Gasteiger partial charge on any atom is -0.312 e. The van der Waals surface area contributed by atoms with E-state index in [0.29, 0.717) is 18.8 Å². The van der Waals surface area contributed by atoms with Crippen LogP contribution in [-0.4, -0.2) is 40.4 Å². The first-order valence-corrected chi connectivity index (χ1v) is 16.0. The van der Waals surface area contributed by atoms with Crippen LogP contribution in [0.5, 0.6) is 0 Å². The number of hydrogen-bond acceptors (Lipinski definition) is 8. The van der Waals surface area contributed by atoms with Crippen LogP contribution in [0.1, 0.15) is 85.4 Å². The fourth-order valence-electron chi connectivity index (χ4n) is 6.38. The van der Waals surface area contributed by atoms with E-state index in [1.165, 1.54) is 5.06 Å². The number of aromatic nitrogens is 6. The van der Waals surface area contributed by atoms with E-state index in [0.717, 1.165) is 73.9 Å². The van der Waals surface area contributed by atoms with E-state index in [1.807, 2.05) is 63.5 Å². The molecule has 1 aliphatic heterocycles. The highest BCUT2D eigenvalue weighted by molar-refractivity contribution is 7.12. The maximum atomic E-state index is 14.2. The molecule has 10 heteroatoms. The zero-order valence-corrected chi connectivity index (χ0v) is 27.0. The number of fused-ring (bicyclic) bond motifs is 1. The number of thiophene rings is 1. The second-order valence-electron chi connectivity index (χ2n) is 12.6. The Kier molecular flexibility index (Phi) is 7.85. The first kappa shape index (κ1) is 30.1. The molecule has 6 rings (SSSR count). The van der Waals surface area contributed by atoms with Gasteiger partial charge in [-0.05, 0) is 81.0 Å². The summed E-state index contributed by atoms with van der Waals surface area (Å²) < 4.78 is 1.82. The van der Waals surface area contributed by atoms with Crippen molar-refractivity contribution in [3.63, 3.8) is 0 Å². The van der Waals surface area contributed by atoms with Crippen LogP contribution in [0, 0.1) is 6.92 Å². The molecule has 0 saturated carbocycles. The van der Waals surface area contributed by atoms with Gasteiger partial charge in [0.05, 0.1) is 23.3 Å². The molecule has 0 bridgehead atoms. The molecule has 0 atom stereocenters. The number of tetrazole rings is 1. The number of hydrogen-bond donors (Lipinski definition) is 2. The summed E-state index contributed by atoms with van der Waals surface area (Å²) in [6.45, 7) is 12.7. The molecule has 0 spiro atoms. The standard InChI is InChI=1S/C34H39N7O2S/c1-7-8-13-29-27(18-22-14-16-23(17-15-22)25-11-9-10-12-26(25)31-36-38-39-37-31)32(42)40(21(2)35-29)20-24-19-28-30(44-24)34(5,6)41(43)33(28,3)4/h9-12,14-17,19,43H,7-8,13,18,20H2,1-6H3,(H,36,37,38,39). The lowest BCUT2D eigenvalue weighted by molar-refractivity contribution is -0.215. The fourth-order valence-corrected chi connectivity index (χ4v) is 7.76. The molecule has 228 valence electrons. The molecular weight excluding hydrogens is 570 g/mol. The molecule has 0 fully saturated rings. The van der Waals surface area contributed by atoms with Gasteiger partial charge >= 0.3 is 0 Å². The van der Waals surface area contributed by atoms with E-state index in [2.05, 4.69) is 57.9 Å². The molecule has 0 radical (unpaired) electrons. The van der Waals surface area contributed by atoms with E-state index in [-0.39, 0.29) is 5.56 Å². The van der Waals surface area contributed by atoms with Crippen molar-refractivity contribution in [1.82, 2.24) is 35.2 Å². The predicted octanol–water partition coefficient (Wildman–Crippen LogP) is 6.62. The Balaban J connectivity index is 1.33. The van der Waals surface area contributed by atoms with Crippen LogP contribution in [0.4, 0.5) is 0 Å². The van der Waals surface area contributed by atoms with E-state index in [9.17, 15) is 10.0 Å². The normalized spacial score (nSPS) is 15.5. The van der Waals surface area contributed by atoms with Crippen molar-refractivity contribution in [2.75, 3.05) is 0 Å². The van der Waals surface area contributed by atoms with Gasteiger partial charge in [0.25, 0.3) is 5.56 Å². The molecule has 2 aromatic carbocycles. The van der Waals surface area contributed by atoms with Crippen LogP contribution in [0.25, 0.3) is 22.5 Å². The summed E-state index contributed by atoms with van der Waals surface area (Å²) in [4.78, 5) is 21.4. The first-order chi connectivity index (χ1) is 21.0. The van der Waals surface area contributed by atoms with Crippen molar-refractivity contribution < 1.29 is 5.21 Å². The summed E-state index contributed by atoms with van der Waals surface area (Å²) >= 11 is 1.67. The van der Waals surface area contributed by atoms with Crippen molar-refractivity contribution in [2.45, 2.75) is 84.8 Å². The maximum absolute atomic E-state index is 14.2. The lowest BCUT2D eigenvalue weighted by Gasteiger charge is -2.35. The Morgan fingerprint density at radius 2 is 1.73 bits per heavy atom. The monoisotopic (exact) mass is 609 g/mol. The van der Waals surface area contributed by atoms with E-state index >= 15 is 0 Å². The second kappa shape index (κ2) is 11.5. The summed E-state index contributed by atoms with van der Waals surface area (Å²) in [6.07, 6.45) is 3.30. The number of aromatic amines is 1. The second-order valence-corrected chi connectivity index (χ2v) is 13.8. The SMILES string of the molecule is CCCCc1nc(C)n(Cc2cc3c(s2)C(C)(C)N(O)C3(C)C)c(=O)c1Cc1ccc(-c2ccccc2-c2nn[nH]n2)cc1. The zero-order chi connectivity index (χ0) is 31.2. The van der Waals surface area contributed by atoms with Crippen LogP contribution in [0.15, 0.2) is 59.4 Å². The summed E-state index contributed by atoms with van der Waals surface area (Å²) in [5, 5.41) is 26.9. The van der Waals surface area contributed by atoms with E-state index < -0.39 is 11.1 Å². The molecule has 1 aliphatic rings. The van der Waals surface area contributed by atoms with Crippen molar-refractivity contribution in [3.8, 4) is 22.5 Å². The predicted molar refractivity (Wildman–Crippen MR) is 173 cm³/mol. The Morgan fingerprint density at radius 3 is 2.39 bits per heavy atom. The number of nitrogens with zero attached hydrogens (tertiary/aromatic N) is 6. The summed E-state index contributed by atoms with van der Waals surface area (Å²) in [5.74, 6) is 1.28. The van der Waals surface area contributed by atoms with Gasteiger partial charge < -0.3 is 5.21 Å². The van der Waals surface area contributed by atoms with Crippen molar-refractivity contribution in [3.05, 3.63) is 103 Å². The molecule has 3 aromatic heterocycles. The first-order valence-electron chi connectivity index (χ1n) is 15.2. The van der Waals surface area contributed by atoms with Crippen LogP contribution >= 0.6 is 11.3 Å². The van der Waals surface area contributed by atoms with Crippen molar-refractivity contribution in [1.29, 1.82) is 0 Å². The average Bonchev–Trinajstić information content (AvgIpc) is 3.73. The number of hydroxylamine groups is 2. The Hall–Kier alpha value is -3.99. The average molecular weight is 610 g/mol. The topological polar surface area (TPSA) is 113 Å². The number of nitrogens with one attached hydrogen (secondary N) is 1. The molecule has 0 aliphatic carbocycles. The third-order valence-corrected chi connectivity index (χ3v) is 10.3. The van der Waals surface area contributed by atoms with Gasteiger partial charge in [0.15, 0.2) is 0 Å². The highest BCUT2D eigenvalue weighted by Gasteiger charge is 2.50.